The van der Waals surface area contributed by atoms with Gasteiger partial charge in [-0.3, -0.25) is 4.79 Å². The molecular formula is C14H13F3N4O4S. The molecule has 1 amide bonds. The van der Waals surface area contributed by atoms with E-state index in [1.54, 1.807) is 0 Å². The predicted octanol–water partition coefficient (Wildman–Crippen LogP) is 2.25. The molecule has 1 aliphatic carbocycles. The van der Waals surface area contributed by atoms with Crippen molar-refractivity contribution in [3.63, 3.8) is 0 Å². The number of hydrogen-bond donors (Lipinski definition) is 2. The van der Waals surface area contributed by atoms with Gasteiger partial charge in [0.05, 0.1) is 0 Å². The lowest BCUT2D eigenvalue weighted by Crippen LogP contribution is -2.28. The molecule has 140 valence electrons. The van der Waals surface area contributed by atoms with Crippen molar-refractivity contribution in [2.24, 2.45) is 5.92 Å². The molecule has 3 rings (SSSR count). The van der Waals surface area contributed by atoms with E-state index in [2.05, 4.69) is 24.8 Å². The zero-order valence-corrected chi connectivity index (χ0v) is 14.1. The first kappa shape index (κ1) is 18.2. The summed E-state index contributed by atoms with van der Waals surface area (Å²) in [5.74, 6) is -0.760. The molecule has 1 aliphatic rings. The maximum absolute atomic E-state index is 12.5. The fraction of sp³-hybridized carbons (Fsp3) is 0.357. The Labute approximate surface area is 145 Å². The maximum atomic E-state index is 12.5. The average Bonchev–Trinajstić information content (AvgIpc) is 3.37. The van der Waals surface area contributed by atoms with Gasteiger partial charge >= 0.3 is 15.6 Å². The van der Waals surface area contributed by atoms with Crippen LogP contribution < -0.4 is 14.8 Å². The zero-order chi connectivity index (χ0) is 19.1. The van der Waals surface area contributed by atoms with E-state index in [9.17, 15) is 26.4 Å². The number of halogens is 3. The number of hydrogen-bond acceptors (Lipinski definition) is 7. The van der Waals surface area contributed by atoms with Crippen molar-refractivity contribution >= 4 is 38.4 Å². The Hall–Kier alpha value is -2.63. The van der Waals surface area contributed by atoms with Crippen LogP contribution in [0.5, 0.6) is 5.88 Å². The van der Waals surface area contributed by atoms with E-state index in [0.717, 1.165) is 18.9 Å². The lowest BCUT2D eigenvalue weighted by Gasteiger charge is -2.12. The molecule has 0 bridgehead atoms. The molecule has 1 saturated carbocycles. The summed E-state index contributed by atoms with van der Waals surface area (Å²) in [6.45, 7) is 0. The molecule has 26 heavy (non-hydrogen) atoms. The van der Waals surface area contributed by atoms with Gasteiger partial charge in [0.15, 0.2) is 0 Å². The van der Waals surface area contributed by atoms with E-state index >= 15 is 0 Å². The predicted molar refractivity (Wildman–Crippen MR) is 86.0 cm³/mol. The Morgan fingerprint density at radius 3 is 2.58 bits per heavy atom. The molecule has 2 heterocycles. The molecule has 0 spiro atoms. The number of anilines is 2. The van der Waals surface area contributed by atoms with Gasteiger partial charge in [0.25, 0.3) is 0 Å². The van der Waals surface area contributed by atoms with E-state index in [-0.39, 0.29) is 28.8 Å². The Kier molecular flexibility index (Phi) is 4.38. The second-order valence-electron chi connectivity index (χ2n) is 5.60. The van der Waals surface area contributed by atoms with Gasteiger partial charge in [-0.05, 0) is 24.3 Å². The summed E-state index contributed by atoms with van der Waals surface area (Å²) in [6, 6.07) is 2.42. The van der Waals surface area contributed by atoms with Crippen molar-refractivity contribution in [2.45, 2.75) is 18.3 Å². The van der Waals surface area contributed by atoms with Crippen LogP contribution in [0.1, 0.15) is 12.8 Å². The summed E-state index contributed by atoms with van der Waals surface area (Å²) in [6.07, 6.45) is 2.94. The first-order valence-electron chi connectivity index (χ1n) is 7.41. The van der Waals surface area contributed by atoms with E-state index in [0.29, 0.717) is 5.39 Å². The minimum atomic E-state index is -5.85. The Morgan fingerprint density at radius 1 is 1.31 bits per heavy atom. The highest BCUT2D eigenvalue weighted by Crippen LogP contribution is 2.32. The van der Waals surface area contributed by atoms with Crippen LogP contribution >= 0.6 is 0 Å². The second kappa shape index (κ2) is 6.27. The maximum Gasteiger partial charge on any atom is 0.534 e. The number of fused-ring (bicyclic) bond motifs is 1. The minimum Gasteiger partial charge on any atom is -0.372 e. The molecule has 2 aromatic rings. The van der Waals surface area contributed by atoms with E-state index < -0.39 is 21.5 Å². The monoisotopic (exact) mass is 390 g/mol. The third kappa shape index (κ3) is 3.64. The van der Waals surface area contributed by atoms with Crippen LogP contribution in [-0.4, -0.2) is 36.8 Å². The van der Waals surface area contributed by atoms with Crippen molar-refractivity contribution in [2.75, 3.05) is 17.7 Å². The van der Waals surface area contributed by atoms with Crippen LogP contribution in [0.25, 0.3) is 10.8 Å². The van der Waals surface area contributed by atoms with Crippen LogP contribution in [0.15, 0.2) is 18.3 Å². The van der Waals surface area contributed by atoms with E-state index in [4.69, 9.17) is 0 Å². The average molecular weight is 390 g/mol. The molecule has 2 N–H and O–H groups in total. The fourth-order valence-corrected chi connectivity index (χ4v) is 2.56. The number of carbonyl (C=O) groups excluding carboxylic acids is 1. The minimum absolute atomic E-state index is 0.0615. The van der Waals surface area contributed by atoms with Gasteiger partial charge < -0.3 is 14.8 Å². The summed E-state index contributed by atoms with van der Waals surface area (Å²) in [5, 5.41) is 5.92. The molecule has 8 nitrogen and oxygen atoms in total. The largest absolute Gasteiger partial charge is 0.534 e. The van der Waals surface area contributed by atoms with Gasteiger partial charge in [-0.15, -0.1) is 0 Å². The highest BCUT2D eigenvalue weighted by atomic mass is 32.2. The topological polar surface area (TPSA) is 110 Å². The molecule has 0 radical (unpaired) electrons. The van der Waals surface area contributed by atoms with Gasteiger partial charge in [0.2, 0.25) is 11.8 Å². The number of nitrogens with zero attached hydrogens (tertiary/aromatic N) is 2. The highest BCUT2D eigenvalue weighted by molar-refractivity contribution is 7.87. The highest BCUT2D eigenvalue weighted by Gasteiger charge is 2.49. The van der Waals surface area contributed by atoms with E-state index in [1.807, 2.05) is 0 Å². The molecule has 0 atom stereocenters. The molecule has 1 fully saturated rings. The van der Waals surface area contributed by atoms with Crippen LogP contribution in [0, 0.1) is 5.92 Å². The third-order valence-corrected chi connectivity index (χ3v) is 4.56. The number of carbonyl (C=O) groups is 1. The van der Waals surface area contributed by atoms with Crippen molar-refractivity contribution in [3.05, 3.63) is 18.3 Å². The van der Waals surface area contributed by atoms with Gasteiger partial charge in [0.1, 0.15) is 11.6 Å². The Bertz CT molecular complexity index is 974. The standard InChI is InChI=1S/C14H13F3N4O4S/c1-18-12-9-6-19-10(20-13(22)7-2-3-7)4-8(9)5-11(21-12)25-26(23,24)14(15,16)17/h4-7H,2-3H2,1H3,(H,18,21)(H,19,20,22). The number of aromatic nitrogens is 2. The molecular weight excluding hydrogens is 377 g/mol. The molecule has 0 aliphatic heterocycles. The Morgan fingerprint density at radius 2 is 2.00 bits per heavy atom. The number of pyridine rings is 2. The van der Waals surface area contributed by atoms with Crippen LogP contribution in [0.4, 0.5) is 24.8 Å². The summed E-state index contributed by atoms with van der Waals surface area (Å²) in [4.78, 5) is 19.6. The van der Waals surface area contributed by atoms with Crippen molar-refractivity contribution in [1.82, 2.24) is 9.97 Å². The zero-order valence-electron chi connectivity index (χ0n) is 13.3. The summed E-state index contributed by atoms with van der Waals surface area (Å²) in [7, 11) is -4.40. The summed E-state index contributed by atoms with van der Waals surface area (Å²) < 4.78 is 63.9. The van der Waals surface area contributed by atoms with Gasteiger partial charge in [-0.25, -0.2) is 4.98 Å². The number of alkyl halides is 3. The van der Waals surface area contributed by atoms with Crippen LogP contribution in [0.3, 0.4) is 0 Å². The van der Waals surface area contributed by atoms with Crippen molar-refractivity contribution in [1.29, 1.82) is 0 Å². The lowest BCUT2D eigenvalue weighted by atomic mass is 10.2. The molecule has 12 heteroatoms. The lowest BCUT2D eigenvalue weighted by molar-refractivity contribution is -0.117. The quantitative estimate of drug-likeness (QED) is 0.595. The number of amides is 1. The molecule has 0 saturated heterocycles. The normalized spacial score (nSPS) is 14.9. The summed E-state index contributed by atoms with van der Waals surface area (Å²) >= 11 is 0. The number of rotatable bonds is 5. The van der Waals surface area contributed by atoms with E-state index in [1.165, 1.54) is 19.3 Å². The van der Waals surface area contributed by atoms with Crippen LogP contribution in [-0.2, 0) is 14.9 Å². The third-order valence-electron chi connectivity index (χ3n) is 3.61. The van der Waals surface area contributed by atoms with Gasteiger partial charge in [0, 0.05) is 30.6 Å². The molecule has 0 unspecified atom stereocenters. The summed E-state index contributed by atoms with van der Waals surface area (Å²) in [5.41, 5.74) is -5.58. The fourth-order valence-electron chi connectivity index (χ4n) is 2.16. The Balaban J connectivity index is 1.98. The molecule has 0 aromatic carbocycles. The first-order valence-corrected chi connectivity index (χ1v) is 8.82. The first-order chi connectivity index (χ1) is 12.1. The smallest absolute Gasteiger partial charge is 0.372 e. The number of nitrogens with one attached hydrogen (secondary N) is 2. The van der Waals surface area contributed by atoms with Crippen molar-refractivity contribution in [3.8, 4) is 5.88 Å². The van der Waals surface area contributed by atoms with Crippen LogP contribution in [0.2, 0.25) is 0 Å². The second-order valence-corrected chi connectivity index (χ2v) is 7.13. The molecule has 2 aromatic heterocycles. The van der Waals surface area contributed by atoms with Crippen molar-refractivity contribution < 1.29 is 30.6 Å². The van der Waals surface area contributed by atoms with Gasteiger partial charge in [-0.1, -0.05) is 0 Å². The SMILES string of the molecule is CNc1nc(OS(=O)(=O)C(F)(F)F)cc2cc(NC(=O)C3CC3)ncc12. The van der Waals surface area contributed by atoms with Gasteiger partial charge in [-0.2, -0.15) is 26.6 Å².